The fraction of sp³-hybridized carbons (Fsp3) is 0.800. The molecule has 1 aromatic heterocycles. The van der Waals surface area contributed by atoms with Crippen LogP contribution in [0.25, 0.3) is 0 Å². The minimum atomic E-state index is 0.161. The molecule has 0 amide bonds. The zero-order chi connectivity index (χ0) is 14.0. The Balaban J connectivity index is 1.74. The van der Waals surface area contributed by atoms with Gasteiger partial charge < -0.3 is 10.1 Å². The third-order valence-corrected chi connectivity index (χ3v) is 6.45. The summed E-state index contributed by atoms with van der Waals surface area (Å²) in [7, 11) is 2.07. The highest BCUT2D eigenvalue weighted by Gasteiger charge is 2.41. The molecule has 2 unspecified atom stereocenters. The minimum Gasteiger partial charge on any atom is -0.375 e. The van der Waals surface area contributed by atoms with Crippen molar-refractivity contribution in [3.8, 4) is 0 Å². The molecule has 3 nitrogen and oxygen atoms in total. The van der Waals surface area contributed by atoms with E-state index in [2.05, 4.69) is 36.4 Å². The molecule has 2 fully saturated rings. The summed E-state index contributed by atoms with van der Waals surface area (Å²) < 4.78 is 6.21. The van der Waals surface area contributed by atoms with E-state index in [0.717, 1.165) is 18.0 Å². The van der Waals surface area contributed by atoms with Gasteiger partial charge >= 0.3 is 0 Å². The van der Waals surface area contributed by atoms with Gasteiger partial charge in [0.2, 0.25) is 0 Å². The standard InChI is InChI=1S/C15H24N2OS2/c1-11-17-13(10-20-11)14(16-2)12-3-6-18-15(9-12)4-7-19-8-5-15/h10,12,14,16H,3-9H2,1-2H3. The summed E-state index contributed by atoms with van der Waals surface area (Å²) in [6.07, 6.45) is 4.79. The Morgan fingerprint density at radius 3 is 2.90 bits per heavy atom. The van der Waals surface area contributed by atoms with Gasteiger partial charge in [-0.1, -0.05) is 0 Å². The summed E-state index contributed by atoms with van der Waals surface area (Å²) in [6.45, 7) is 3.00. The van der Waals surface area contributed by atoms with E-state index >= 15 is 0 Å². The Morgan fingerprint density at radius 2 is 2.25 bits per heavy atom. The summed E-state index contributed by atoms with van der Waals surface area (Å²) in [6, 6.07) is 0.385. The fourth-order valence-electron chi connectivity index (χ4n) is 3.59. The molecule has 2 saturated heterocycles. The maximum Gasteiger partial charge on any atom is 0.0898 e. The van der Waals surface area contributed by atoms with Gasteiger partial charge in [-0.15, -0.1) is 11.3 Å². The van der Waals surface area contributed by atoms with Crippen molar-refractivity contribution >= 4 is 23.1 Å². The van der Waals surface area contributed by atoms with E-state index in [1.807, 2.05) is 0 Å². The van der Waals surface area contributed by atoms with E-state index < -0.39 is 0 Å². The quantitative estimate of drug-likeness (QED) is 0.927. The first-order valence-electron chi connectivity index (χ1n) is 7.53. The second kappa shape index (κ2) is 6.34. The van der Waals surface area contributed by atoms with Crippen LogP contribution < -0.4 is 5.32 Å². The second-order valence-corrected chi connectivity index (χ2v) is 8.24. The van der Waals surface area contributed by atoms with Crippen molar-refractivity contribution in [3.63, 3.8) is 0 Å². The SMILES string of the molecule is CNC(c1csc(C)n1)C1CCOC2(CCSCC2)C1. The number of aryl methyl sites for hydroxylation is 1. The lowest BCUT2D eigenvalue weighted by Crippen LogP contribution is -2.45. The van der Waals surface area contributed by atoms with Crippen molar-refractivity contribution in [1.82, 2.24) is 10.3 Å². The molecular weight excluding hydrogens is 288 g/mol. The molecule has 3 heterocycles. The first-order chi connectivity index (χ1) is 9.72. The number of thioether (sulfide) groups is 1. The number of ether oxygens (including phenoxy) is 1. The molecule has 5 heteroatoms. The zero-order valence-corrected chi connectivity index (χ0v) is 14.0. The zero-order valence-electron chi connectivity index (χ0n) is 12.4. The van der Waals surface area contributed by atoms with Gasteiger partial charge in [0.15, 0.2) is 0 Å². The van der Waals surface area contributed by atoms with E-state index in [0.29, 0.717) is 12.0 Å². The molecule has 2 aliphatic rings. The summed E-state index contributed by atoms with van der Waals surface area (Å²) in [5.74, 6) is 3.16. The summed E-state index contributed by atoms with van der Waals surface area (Å²) >= 11 is 3.82. The van der Waals surface area contributed by atoms with E-state index in [1.54, 1.807) is 11.3 Å². The van der Waals surface area contributed by atoms with Gasteiger partial charge in [0, 0.05) is 12.0 Å². The maximum atomic E-state index is 6.21. The number of hydrogen-bond acceptors (Lipinski definition) is 5. The second-order valence-electron chi connectivity index (χ2n) is 5.95. The largest absolute Gasteiger partial charge is 0.375 e. The van der Waals surface area contributed by atoms with Crippen LogP contribution in [-0.2, 0) is 4.74 Å². The topological polar surface area (TPSA) is 34.2 Å². The maximum absolute atomic E-state index is 6.21. The number of nitrogens with one attached hydrogen (secondary N) is 1. The van der Waals surface area contributed by atoms with Crippen LogP contribution in [0.15, 0.2) is 5.38 Å². The van der Waals surface area contributed by atoms with Gasteiger partial charge in [-0.2, -0.15) is 11.8 Å². The first-order valence-corrected chi connectivity index (χ1v) is 9.57. The number of rotatable bonds is 3. The number of aromatic nitrogens is 1. The van der Waals surface area contributed by atoms with Gasteiger partial charge in [-0.05, 0) is 57.1 Å². The molecule has 0 bridgehead atoms. The van der Waals surface area contributed by atoms with Crippen molar-refractivity contribution in [2.45, 2.75) is 44.2 Å². The van der Waals surface area contributed by atoms with Gasteiger partial charge in [-0.25, -0.2) is 4.98 Å². The highest BCUT2D eigenvalue weighted by Crippen LogP contribution is 2.43. The molecule has 2 aliphatic heterocycles. The van der Waals surface area contributed by atoms with Crippen LogP contribution in [0.2, 0.25) is 0 Å². The fourth-order valence-corrected chi connectivity index (χ4v) is 5.48. The van der Waals surface area contributed by atoms with E-state index in [1.165, 1.54) is 36.5 Å². The molecule has 3 rings (SSSR count). The third-order valence-electron chi connectivity index (χ3n) is 4.67. The average Bonchev–Trinajstić information content (AvgIpc) is 2.87. The van der Waals surface area contributed by atoms with Crippen LogP contribution in [0.4, 0.5) is 0 Å². The van der Waals surface area contributed by atoms with Crippen LogP contribution in [-0.4, -0.2) is 35.7 Å². The average molecular weight is 313 g/mol. The molecular formula is C15H24N2OS2. The van der Waals surface area contributed by atoms with Crippen LogP contribution >= 0.6 is 23.1 Å². The molecule has 1 spiro atoms. The van der Waals surface area contributed by atoms with E-state index in [9.17, 15) is 0 Å². The molecule has 0 saturated carbocycles. The van der Waals surface area contributed by atoms with E-state index in [-0.39, 0.29) is 5.60 Å². The van der Waals surface area contributed by atoms with E-state index in [4.69, 9.17) is 9.72 Å². The molecule has 1 aromatic rings. The lowest BCUT2D eigenvalue weighted by atomic mass is 9.78. The van der Waals surface area contributed by atoms with Crippen LogP contribution in [0.1, 0.15) is 42.4 Å². The minimum absolute atomic E-state index is 0.161. The van der Waals surface area contributed by atoms with Gasteiger partial charge in [0.05, 0.1) is 22.3 Å². The van der Waals surface area contributed by atoms with Gasteiger partial charge in [-0.3, -0.25) is 0 Å². The lowest BCUT2D eigenvalue weighted by Gasteiger charge is -2.45. The van der Waals surface area contributed by atoms with Gasteiger partial charge in [0.1, 0.15) is 0 Å². The Bertz CT molecular complexity index is 437. The van der Waals surface area contributed by atoms with Crippen molar-refractivity contribution < 1.29 is 4.74 Å². The predicted octanol–water partition coefficient (Wildman–Crippen LogP) is 3.40. The smallest absolute Gasteiger partial charge is 0.0898 e. The lowest BCUT2D eigenvalue weighted by molar-refractivity contribution is -0.107. The van der Waals surface area contributed by atoms with Crippen molar-refractivity contribution in [1.29, 1.82) is 0 Å². The van der Waals surface area contributed by atoms with Crippen LogP contribution in [0.3, 0.4) is 0 Å². The number of hydrogen-bond donors (Lipinski definition) is 1. The summed E-state index contributed by atoms with van der Waals surface area (Å²) in [4.78, 5) is 4.70. The van der Waals surface area contributed by atoms with Crippen molar-refractivity contribution in [2.75, 3.05) is 25.2 Å². The Kier molecular flexibility index (Phi) is 4.70. The van der Waals surface area contributed by atoms with Gasteiger partial charge in [0.25, 0.3) is 0 Å². The van der Waals surface area contributed by atoms with Crippen LogP contribution in [0.5, 0.6) is 0 Å². The molecule has 1 N–H and O–H groups in total. The third kappa shape index (κ3) is 3.06. The predicted molar refractivity (Wildman–Crippen MR) is 86.6 cm³/mol. The van der Waals surface area contributed by atoms with Crippen molar-refractivity contribution in [3.05, 3.63) is 16.1 Å². The Morgan fingerprint density at radius 1 is 1.45 bits per heavy atom. The normalized spacial score (nSPS) is 27.6. The molecule has 0 radical (unpaired) electrons. The Labute approximate surface area is 129 Å². The molecule has 112 valence electrons. The highest BCUT2D eigenvalue weighted by atomic mass is 32.2. The first kappa shape index (κ1) is 14.8. The molecule has 20 heavy (non-hydrogen) atoms. The van der Waals surface area contributed by atoms with Crippen LogP contribution in [0, 0.1) is 12.8 Å². The monoisotopic (exact) mass is 312 g/mol. The summed E-state index contributed by atoms with van der Waals surface area (Å²) in [5.41, 5.74) is 1.39. The highest BCUT2D eigenvalue weighted by molar-refractivity contribution is 7.99. The molecule has 0 aromatic carbocycles. The molecule has 2 atom stereocenters. The summed E-state index contributed by atoms with van der Waals surface area (Å²) in [5, 5.41) is 6.89. The number of thiazole rings is 1. The molecule has 0 aliphatic carbocycles. The Hall–Kier alpha value is -0.100. The number of nitrogens with zero attached hydrogens (tertiary/aromatic N) is 1. The van der Waals surface area contributed by atoms with Crippen molar-refractivity contribution in [2.24, 2.45) is 5.92 Å².